The van der Waals surface area contributed by atoms with Gasteiger partial charge in [0.15, 0.2) is 18.1 Å². The second-order valence-corrected chi connectivity index (χ2v) is 7.83. The van der Waals surface area contributed by atoms with Gasteiger partial charge in [0.05, 0.1) is 25.3 Å². The molecule has 5 nitrogen and oxygen atoms in total. The van der Waals surface area contributed by atoms with E-state index in [0.717, 1.165) is 22.8 Å². The van der Waals surface area contributed by atoms with Crippen LogP contribution < -0.4 is 14.2 Å². The number of hydrogen-bond acceptors (Lipinski definition) is 4. The van der Waals surface area contributed by atoms with Crippen LogP contribution in [-0.2, 0) is 11.2 Å². The maximum atomic E-state index is 13.3. The van der Waals surface area contributed by atoms with Gasteiger partial charge in [-0.25, -0.2) is 4.39 Å². The van der Waals surface area contributed by atoms with Gasteiger partial charge in [-0.1, -0.05) is 41.9 Å². The summed E-state index contributed by atoms with van der Waals surface area (Å²) in [5, 5.41) is 0.123. The number of amides is 1. The van der Waals surface area contributed by atoms with Gasteiger partial charge < -0.3 is 19.1 Å². The van der Waals surface area contributed by atoms with Crippen molar-refractivity contribution in [3.05, 3.63) is 88.2 Å². The molecule has 0 bridgehead atoms. The number of fused-ring (bicyclic) bond motifs is 1. The molecule has 0 fully saturated rings. The van der Waals surface area contributed by atoms with E-state index in [4.69, 9.17) is 25.8 Å². The number of carbonyl (C=O) groups excluding carboxylic acids is 1. The Morgan fingerprint density at radius 3 is 2.44 bits per heavy atom. The van der Waals surface area contributed by atoms with Crippen molar-refractivity contribution in [3.63, 3.8) is 0 Å². The second kappa shape index (κ2) is 9.49. The van der Waals surface area contributed by atoms with Crippen LogP contribution in [0.25, 0.3) is 0 Å². The van der Waals surface area contributed by atoms with Gasteiger partial charge in [0.2, 0.25) is 0 Å². The molecule has 166 valence electrons. The molecule has 3 aromatic rings. The lowest BCUT2D eigenvalue weighted by Crippen LogP contribution is -2.43. The summed E-state index contributed by atoms with van der Waals surface area (Å²) in [5.41, 5.74) is 3.06. The summed E-state index contributed by atoms with van der Waals surface area (Å²) in [4.78, 5) is 15.0. The summed E-state index contributed by atoms with van der Waals surface area (Å²) in [7, 11) is 3.20. The van der Waals surface area contributed by atoms with E-state index in [1.807, 2.05) is 42.5 Å². The van der Waals surface area contributed by atoms with E-state index < -0.39 is 5.82 Å². The molecule has 1 heterocycles. The van der Waals surface area contributed by atoms with Crippen molar-refractivity contribution >= 4 is 17.5 Å². The van der Waals surface area contributed by atoms with Crippen molar-refractivity contribution in [3.8, 4) is 17.2 Å². The predicted molar refractivity (Wildman–Crippen MR) is 120 cm³/mol. The molecule has 0 aliphatic carbocycles. The Balaban J connectivity index is 1.66. The van der Waals surface area contributed by atoms with Crippen LogP contribution in [0.5, 0.6) is 17.2 Å². The predicted octanol–water partition coefficient (Wildman–Crippen LogP) is 5.05. The van der Waals surface area contributed by atoms with Crippen molar-refractivity contribution in [2.24, 2.45) is 0 Å². The minimum Gasteiger partial charge on any atom is -0.493 e. The zero-order valence-corrected chi connectivity index (χ0v) is 18.6. The largest absolute Gasteiger partial charge is 0.493 e. The molecular formula is C25H23ClFNO4. The third-order valence-corrected chi connectivity index (χ3v) is 5.85. The standard InChI is InChI=1S/C25H23ClFNO4/c1-30-22-12-17-10-11-28(24(29)15-32-21-9-8-18(27)13-20(21)26)25(16-6-4-3-5-7-16)19(17)14-23(22)31-2/h3-9,12-14,25H,10-11,15H2,1-2H3. The van der Waals surface area contributed by atoms with Crippen LogP contribution in [0.3, 0.4) is 0 Å². The third kappa shape index (κ3) is 4.36. The van der Waals surface area contributed by atoms with E-state index in [-0.39, 0.29) is 29.3 Å². The number of methoxy groups -OCH3 is 2. The number of carbonyl (C=O) groups is 1. The molecule has 0 N–H and O–H groups in total. The smallest absolute Gasteiger partial charge is 0.261 e. The van der Waals surface area contributed by atoms with E-state index in [9.17, 15) is 9.18 Å². The number of rotatable bonds is 6. The first-order chi connectivity index (χ1) is 15.5. The number of hydrogen-bond donors (Lipinski definition) is 0. The number of benzene rings is 3. The molecule has 1 amide bonds. The summed E-state index contributed by atoms with van der Waals surface area (Å²) in [6.07, 6.45) is 0.669. The second-order valence-electron chi connectivity index (χ2n) is 7.42. The maximum Gasteiger partial charge on any atom is 0.261 e. The lowest BCUT2D eigenvalue weighted by molar-refractivity contribution is -0.135. The van der Waals surface area contributed by atoms with Gasteiger partial charge in [0.25, 0.3) is 5.91 Å². The van der Waals surface area contributed by atoms with Crippen molar-refractivity contribution in [1.82, 2.24) is 4.90 Å². The average Bonchev–Trinajstić information content (AvgIpc) is 2.82. The van der Waals surface area contributed by atoms with Gasteiger partial charge in [-0.15, -0.1) is 0 Å². The van der Waals surface area contributed by atoms with E-state index >= 15 is 0 Å². The zero-order valence-electron chi connectivity index (χ0n) is 17.8. The molecule has 1 unspecified atom stereocenters. The first-order valence-corrected chi connectivity index (χ1v) is 10.6. The van der Waals surface area contributed by atoms with Crippen LogP contribution in [0.2, 0.25) is 5.02 Å². The lowest BCUT2D eigenvalue weighted by atomic mass is 9.87. The van der Waals surface area contributed by atoms with Crippen molar-refractivity contribution < 1.29 is 23.4 Å². The van der Waals surface area contributed by atoms with Gasteiger partial charge in [-0.2, -0.15) is 0 Å². The Labute approximate surface area is 191 Å². The molecule has 7 heteroatoms. The topological polar surface area (TPSA) is 48.0 Å². The molecule has 0 spiro atoms. The summed E-state index contributed by atoms with van der Waals surface area (Å²) in [6, 6.07) is 17.2. The number of ether oxygens (including phenoxy) is 3. The minimum absolute atomic E-state index is 0.123. The summed E-state index contributed by atoms with van der Waals surface area (Å²) in [6.45, 7) is 0.304. The average molecular weight is 456 g/mol. The fourth-order valence-electron chi connectivity index (χ4n) is 4.02. The highest BCUT2D eigenvalue weighted by molar-refractivity contribution is 6.32. The molecule has 0 radical (unpaired) electrons. The normalized spacial score (nSPS) is 15.1. The van der Waals surface area contributed by atoms with E-state index in [2.05, 4.69) is 0 Å². The SMILES string of the molecule is COc1cc2c(cc1OC)C(c1ccccc1)N(C(=O)COc1ccc(F)cc1Cl)CC2. The summed E-state index contributed by atoms with van der Waals surface area (Å²) < 4.78 is 29.9. The first-order valence-electron chi connectivity index (χ1n) is 10.2. The monoisotopic (exact) mass is 455 g/mol. The van der Waals surface area contributed by atoms with E-state index in [0.29, 0.717) is 24.5 Å². The third-order valence-electron chi connectivity index (χ3n) is 5.55. The van der Waals surface area contributed by atoms with Gasteiger partial charge in [0.1, 0.15) is 11.6 Å². The van der Waals surface area contributed by atoms with Gasteiger partial charge in [-0.05, 0) is 53.4 Å². The molecule has 0 saturated carbocycles. The summed E-state index contributed by atoms with van der Waals surface area (Å²) >= 11 is 6.04. The van der Waals surface area contributed by atoms with Gasteiger partial charge in [0, 0.05) is 6.54 Å². The Kier molecular flexibility index (Phi) is 6.51. The van der Waals surface area contributed by atoms with Crippen LogP contribution in [0, 0.1) is 5.82 Å². The highest BCUT2D eigenvalue weighted by Crippen LogP contribution is 2.41. The molecule has 1 aliphatic rings. The fraction of sp³-hybridized carbons (Fsp3) is 0.240. The molecule has 3 aromatic carbocycles. The molecule has 0 aromatic heterocycles. The first kappa shape index (κ1) is 22.0. The van der Waals surface area contributed by atoms with Gasteiger partial charge >= 0.3 is 0 Å². The molecule has 1 aliphatic heterocycles. The van der Waals surface area contributed by atoms with Crippen molar-refractivity contribution in [2.75, 3.05) is 27.4 Å². The number of nitrogens with zero attached hydrogens (tertiary/aromatic N) is 1. The fourth-order valence-corrected chi connectivity index (χ4v) is 4.25. The molecular weight excluding hydrogens is 433 g/mol. The van der Waals surface area contributed by atoms with E-state index in [1.165, 1.54) is 12.1 Å². The molecule has 0 saturated heterocycles. The van der Waals surface area contributed by atoms with Crippen LogP contribution in [-0.4, -0.2) is 38.2 Å². The molecule has 1 atom stereocenters. The quantitative estimate of drug-likeness (QED) is 0.522. The highest BCUT2D eigenvalue weighted by atomic mass is 35.5. The Hall–Kier alpha value is -3.25. The van der Waals surface area contributed by atoms with Crippen LogP contribution >= 0.6 is 11.6 Å². The van der Waals surface area contributed by atoms with E-state index in [1.54, 1.807) is 19.1 Å². The van der Waals surface area contributed by atoms with Crippen LogP contribution in [0.1, 0.15) is 22.7 Å². The van der Waals surface area contributed by atoms with Crippen molar-refractivity contribution in [1.29, 1.82) is 0 Å². The van der Waals surface area contributed by atoms with Crippen LogP contribution in [0.4, 0.5) is 4.39 Å². The zero-order chi connectivity index (χ0) is 22.7. The number of halogens is 2. The molecule has 32 heavy (non-hydrogen) atoms. The lowest BCUT2D eigenvalue weighted by Gasteiger charge is -2.38. The Morgan fingerprint density at radius 2 is 1.75 bits per heavy atom. The van der Waals surface area contributed by atoms with Crippen LogP contribution in [0.15, 0.2) is 60.7 Å². The molecule has 4 rings (SSSR count). The van der Waals surface area contributed by atoms with Crippen molar-refractivity contribution in [2.45, 2.75) is 12.5 Å². The Morgan fingerprint density at radius 1 is 1.03 bits per heavy atom. The highest BCUT2D eigenvalue weighted by Gasteiger charge is 2.33. The maximum absolute atomic E-state index is 13.3. The summed E-state index contributed by atoms with van der Waals surface area (Å²) in [5.74, 6) is 0.874. The minimum atomic E-state index is -0.463. The Bertz CT molecular complexity index is 1120. The van der Waals surface area contributed by atoms with Gasteiger partial charge in [-0.3, -0.25) is 4.79 Å².